The van der Waals surface area contributed by atoms with Crippen LogP contribution in [0.1, 0.15) is 77.7 Å². The van der Waals surface area contributed by atoms with E-state index < -0.39 is 0 Å². The van der Waals surface area contributed by atoms with Gasteiger partial charge >= 0.3 is 0 Å². The number of thioether (sulfide) groups is 1. The van der Waals surface area contributed by atoms with Gasteiger partial charge in [0.05, 0.1) is 10.5 Å². The number of rotatable bonds is 9. The highest BCUT2D eigenvalue weighted by Crippen LogP contribution is 2.35. The molecule has 1 aliphatic carbocycles. The molecule has 1 N–H and O–H groups in total. The average Bonchev–Trinajstić information content (AvgIpc) is 3.12. The molecule has 1 amide bonds. The summed E-state index contributed by atoms with van der Waals surface area (Å²) in [6.07, 6.45) is 12.2. The van der Waals surface area contributed by atoms with Crippen molar-refractivity contribution < 1.29 is 4.79 Å². The molecule has 1 saturated carbocycles. The van der Waals surface area contributed by atoms with Gasteiger partial charge in [0.15, 0.2) is 0 Å². The van der Waals surface area contributed by atoms with E-state index in [2.05, 4.69) is 26.1 Å². The number of pyridine rings is 1. The Bertz CT molecular complexity index is 1170. The topological polar surface area (TPSA) is 66.7 Å². The van der Waals surface area contributed by atoms with Gasteiger partial charge in [0, 0.05) is 18.8 Å². The van der Waals surface area contributed by atoms with Gasteiger partial charge in [-0.15, -0.1) is 0 Å². The number of anilines is 1. The first-order valence-corrected chi connectivity index (χ1v) is 14.2. The molecule has 188 valence electrons. The largest absolute Gasteiger partial charge is 0.367 e. The summed E-state index contributed by atoms with van der Waals surface area (Å²) in [6.45, 7) is 7.28. The molecule has 8 heteroatoms. The number of hydrogen-bond acceptors (Lipinski definition) is 6. The van der Waals surface area contributed by atoms with Gasteiger partial charge in [-0.25, -0.2) is 4.98 Å². The van der Waals surface area contributed by atoms with Gasteiger partial charge in [0.1, 0.15) is 15.8 Å². The summed E-state index contributed by atoms with van der Waals surface area (Å²) in [5.74, 6) is 1.61. The second-order valence-corrected chi connectivity index (χ2v) is 11.6. The minimum absolute atomic E-state index is 0.107. The van der Waals surface area contributed by atoms with Crippen molar-refractivity contribution in [3.8, 4) is 0 Å². The predicted octanol–water partition coefficient (Wildman–Crippen LogP) is 6.10. The van der Waals surface area contributed by atoms with E-state index in [0.29, 0.717) is 38.7 Å². The fourth-order valence-corrected chi connectivity index (χ4v) is 6.16. The Labute approximate surface area is 217 Å². The summed E-state index contributed by atoms with van der Waals surface area (Å²) in [7, 11) is 0. The van der Waals surface area contributed by atoms with Crippen molar-refractivity contribution in [2.75, 3.05) is 11.9 Å². The van der Waals surface area contributed by atoms with E-state index >= 15 is 0 Å². The second kappa shape index (κ2) is 11.7. The van der Waals surface area contributed by atoms with E-state index in [1.807, 2.05) is 18.2 Å². The zero-order valence-electron chi connectivity index (χ0n) is 21.0. The number of hydrogen-bond donors (Lipinski definition) is 1. The van der Waals surface area contributed by atoms with E-state index in [0.717, 1.165) is 57.3 Å². The number of amides is 1. The summed E-state index contributed by atoms with van der Waals surface area (Å²) in [4.78, 5) is 33.9. The summed E-state index contributed by atoms with van der Waals surface area (Å²) in [5.41, 5.74) is 0.836. The standard InChI is InChI=1S/C27H36N4O2S2/c1-4-6-9-19(5-2)17-31-26(33)22(35-27(31)34)16-21-24(28-20-13-11-18(3)12-14-20)29-23-10-7-8-15-30(23)25(21)32/h7-8,10,15-16,18-20,28H,4-6,9,11-14,17H2,1-3H3. The first kappa shape index (κ1) is 25.9. The number of carbonyl (C=O) groups excluding carboxylic acids is 1. The van der Waals surface area contributed by atoms with Gasteiger partial charge in [-0.05, 0) is 62.1 Å². The molecule has 0 aromatic carbocycles. The van der Waals surface area contributed by atoms with Crippen LogP contribution in [0.25, 0.3) is 11.7 Å². The molecule has 3 heterocycles. The molecule has 0 radical (unpaired) electrons. The molecule has 1 atom stereocenters. The highest BCUT2D eigenvalue weighted by Gasteiger charge is 2.34. The summed E-state index contributed by atoms with van der Waals surface area (Å²) in [6, 6.07) is 5.80. The van der Waals surface area contributed by atoms with Crippen molar-refractivity contribution in [1.29, 1.82) is 0 Å². The SMILES string of the molecule is CCCCC(CC)CN1C(=O)C(=Cc2c(NC3CCC(C)CC3)nc3ccccn3c2=O)SC1=S. The van der Waals surface area contributed by atoms with Crippen LogP contribution in [0.5, 0.6) is 0 Å². The number of fused-ring (bicyclic) bond motifs is 1. The minimum Gasteiger partial charge on any atom is -0.367 e. The van der Waals surface area contributed by atoms with Gasteiger partial charge in [0.25, 0.3) is 11.5 Å². The maximum atomic E-state index is 13.5. The Morgan fingerprint density at radius 2 is 2.00 bits per heavy atom. The first-order valence-electron chi connectivity index (χ1n) is 12.9. The van der Waals surface area contributed by atoms with Crippen molar-refractivity contribution in [3.05, 3.63) is 45.2 Å². The van der Waals surface area contributed by atoms with Gasteiger partial charge in [-0.2, -0.15) is 0 Å². The lowest BCUT2D eigenvalue weighted by Gasteiger charge is -2.27. The zero-order valence-corrected chi connectivity index (χ0v) is 22.6. The van der Waals surface area contributed by atoms with Crippen molar-refractivity contribution in [2.24, 2.45) is 11.8 Å². The Balaban J connectivity index is 1.66. The summed E-state index contributed by atoms with van der Waals surface area (Å²) < 4.78 is 2.11. The van der Waals surface area contributed by atoms with Crippen LogP contribution in [0.2, 0.25) is 0 Å². The van der Waals surface area contributed by atoms with E-state index in [4.69, 9.17) is 17.2 Å². The van der Waals surface area contributed by atoms with Crippen LogP contribution < -0.4 is 10.9 Å². The fraction of sp³-hybridized carbons (Fsp3) is 0.556. The van der Waals surface area contributed by atoms with Gasteiger partial charge in [0.2, 0.25) is 0 Å². The second-order valence-electron chi connectivity index (χ2n) is 9.92. The molecule has 35 heavy (non-hydrogen) atoms. The van der Waals surface area contributed by atoms with E-state index in [1.165, 1.54) is 11.8 Å². The van der Waals surface area contributed by atoms with Crippen LogP contribution in [-0.4, -0.2) is 37.1 Å². The normalized spacial score (nSPS) is 22.8. The third-order valence-electron chi connectivity index (χ3n) is 7.26. The highest BCUT2D eigenvalue weighted by atomic mass is 32.2. The molecular formula is C27H36N4O2S2. The number of unbranched alkanes of at least 4 members (excludes halogenated alkanes) is 1. The summed E-state index contributed by atoms with van der Waals surface area (Å²) >= 11 is 6.87. The molecule has 4 rings (SSSR count). The number of aromatic nitrogens is 2. The highest BCUT2D eigenvalue weighted by molar-refractivity contribution is 8.26. The van der Waals surface area contributed by atoms with Gasteiger partial charge in [-0.1, -0.05) is 70.1 Å². The first-order chi connectivity index (χ1) is 16.9. The average molecular weight is 513 g/mol. The van der Waals surface area contributed by atoms with Crippen LogP contribution >= 0.6 is 24.0 Å². The molecule has 0 spiro atoms. The number of nitrogens with one attached hydrogen (secondary N) is 1. The molecule has 2 aromatic heterocycles. The lowest BCUT2D eigenvalue weighted by atomic mass is 9.87. The summed E-state index contributed by atoms with van der Waals surface area (Å²) in [5, 5.41) is 3.54. The zero-order chi connectivity index (χ0) is 24.9. The van der Waals surface area contributed by atoms with Gasteiger partial charge in [-0.3, -0.25) is 18.9 Å². The minimum atomic E-state index is -0.179. The monoisotopic (exact) mass is 512 g/mol. The lowest BCUT2D eigenvalue weighted by molar-refractivity contribution is -0.122. The fourth-order valence-electron chi connectivity index (χ4n) is 4.90. The maximum Gasteiger partial charge on any atom is 0.267 e. The van der Waals surface area contributed by atoms with E-state index in [1.54, 1.807) is 21.6 Å². The van der Waals surface area contributed by atoms with E-state index in [-0.39, 0.29) is 17.5 Å². The van der Waals surface area contributed by atoms with Crippen molar-refractivity contribution in [3.63, 3.8) is 0 Å². The molecule has 1 aliphatic heterocycles. The molecule has 2 aromatic rings. The quantitative estimate of drug-likeness (QED) is 0.323. The molecule has 1 unspecified atom stereocenters. The Kier molecular flexibility index (Phi) is 8.65. The van der Waals surface area contributed by atoms with Crippen LogP contribution in [0.4, 0.5) is 5.82 Å². The third kappa shape index (κ3) is 5.97. The van der Waals surface area contributed by atoms with Crippen LogP contribution in [0, 0.1) is 11.8 Å². The molecule has 2 aliphatic rings. The molecular weight excluding hydrogens is 476 g/mol. The molecule has 2 fully saturated rings. The number of thiocarbonyl (C=S) groups is 1. The Hall–Kier alpha value is -2.19. The molecule has 0 bridgehead atoms. The van der Waals surface area contributed by atoms with Crippen LogP contribution in [0.15, 0.2) is 34.1 Å². The van der Waals surface area contributed by atoms with Crippen molar-refractivity contribution >= 4 is 51.7 Å². The van der Waals surface area contributed by atoms with Crippen LogP contribution in [-0.2, 0) is 4.79 Å². The predicted molar refractivity (Wildman–Crippen MR) is 150 cm³/mol. The number of carbonyl (C=O) groups is 1. The van der Waals surface area contributed by atoms with Crippen LogP contribution in [0.3, 0.4) is 0 Å². The Morgan fingerprint density at radius 3 is 2.71 bits per heavy atom. The smallest absolute Gasteiger partial charge is 0.267 e. The molecule has 1 saturated heterocycles. The lowest BCUT2D eigenvalue weighted by Crippen LogP contribution is -2.33. The molecule has 6 nitrogen and oxygen atoms in total. The van der Waals surface area contributed by atoms with Crippen molar-refractivity contribution in [1.82, 2.24) is 14.3 Å². The van der Waals surface area contributed by atoms with E-state index in [9.17, 15) is 9.59 Å². The number of nitrogens with zero attached hydrogens (tertiary/aromatic N) is 3. The Morgan fingerprint density at radius 1 is 1.23 bits per heavy atom. The van der Waals surface area contributed by atoms with Crippen molar-refractivity contribution in [2.45, 2.75) is 78.2 Å². The van der Waals surface area contributed by atoms with Gasteiger partial charge < -0.3 is 5.32 Å². The maximum absolute atomic E-state index is 13.5. The third-order valence-corrected chi connectivity index (χ3v) is 8.64.